The van der Waals surface area contributed by atoms with Crippen LogP contribution in [0.15, 0.2) is 42.5 Å². The molecule has 0 heterocycles. The quantitative estimate of drug-likeness (QED) is 0.566. The van der Waals surface area contributed by atoms with Crippen LogP contribution >= 0.6 is 11.6 Å². The summed E-state index contributed by atoms with van der Waals surface area (Å²) >= 11 is 6.04. The number of nitrogens with zero attached hydrogens (tertiary/aromatic N) is 2. The molecule has 0 aliphatic rings. The van der Waals surface area contributed by atoms with Crippen LogP contribution in [0.25, 0.3) is 0 Å². The molecule has 0 aromatic heterocycles. The molecule has 0 spiro atoms. The van der Waals surface area contributed by atoms with Crippen LogP contribution in [-0.2, 0) is 17.9 Å². The van der Waals surface area contributed by atoms with Gasteiger partial charge in [0.25, 0.3) is 5.69 Å². The number of carboxylic acids is 1. The Morgan fingerprint density at radius 2 is 1.88 bits per heavy atom. The predicted molar refractivity (Wildman–Crippen MR) is 90.9 cm³/mol. The van der Waals surface area contributed by atoms with E-state index in [1.807, 2.05) is 0 Å². The minimum Gasteiger partial charge on any atom is -0.481 e. The number of halogens is 2. The first-order valence-corrected chi connectivity index (χ1v) is 7.85. The van der Waals surface area contributed by atoms with Crippen LogP contribution < -0.4 is 0 Å². The van der Waals surface area contributed by atoms with Crippen molar-refractivity contribution in [2.75, 3.05) is 6.54 Å². The van der Waals surface area contributed by atoms with Gasteiger partial charge in [-0.3, -0.25) is 19.8 Å². The van der Waals surface area contributed by atoms with Gasteiger partial charge in [0.15, 0.2) is 0 Å². The molecule has 0 saturated carbocycles. The van der Waals surface area contributed by atoms with E-state index in [0.717, 1.165) is 5.56 Å². The van der Waals surface area contributed by atoms with Gasteiger partial charge in [0.05, 0.1) is 11.3 Å². The standard InChI is InChI=1S/C17H16ClFN2O4/c18-15-2-1-3-16(19)14(15)11-20(9-8-17(22)23)10-12-4-6-13(7-5-12)21(24)25/h1-7H,8-11H2,(H,22,23). The summed E-state index contributed by atoms with van der Waals surface area (Å²) in [6, 6.07) is 10.3. The Hall–Kier alpha value is -2.51. The van der Waals surface area contributed by atoms with Gasteiger partial charge in [0.2, 0.25) is 0 Å². The maximum Gasteiger partial charge on any atom is 0.304 e. The zero-order valence-corrected chi connectivity index (χ0v) is 13.9. The molecule has 132 valence electrons. The molecular formula is C17H16ClFN2O4. The van der Waals surface area contributed by atoms with Crippen molar-refractivity contribution in [1.29, 1.82) is 0 Å². The highest BCUT2D eigenvalue weighted by molar-refractivity contribution is 6.31. The minimum absolute atomic E-state index is 0.0296. The Labute approximate surface area is 148 Å². The number of benzene rings is 2. The lowest BCUT2D eigenvalue weighted by Gasteiger charge is -2.22. The third kappa shape index (κ3) is 5.51. The molecule has 1 N–H and O–H groups in total. The fraction of sp³-hybridized carbons (Fsp3) is 0.235. The van der Waals surface area contributed by atoms with Crippen molar-refractivity contribution in [2.24, 2.45) is 0 Å². The van der Waals surface area contributed by atoms with Crippen LogP contribution in [0.5, 0.6) is 0 Å². The second-order valence-corrected chi connectivity index (χ2v) is 5.89. The zero-order chi connectivity index (χ0) is 18.4. The average Bonchev–Trinajstić information content (AvgIpc) is 2.56. The van der Waals surface area contributed by atoms with Crippen molar-refractivity contribution in [1.82, 2.24) is 4.90 Å². The number of nitro groups is 1. The van der Waals surface area contributed by atoms with Crippen LogP contribution in [0, 0.1) is 15.9 Å². The van der Waals surface area contributed by atoms with E-state index in [1.54, 1.807) is 23.1 Å². The number of non-ortho nitro benzene ring substituents is 1. The van der Waals surface area contributed by atoms with Crippen LogP contribution in [0.2, 0.25) is 5.02 Å². The summed E-state index contributed by atoms with van der Waals surface area (Å²) in [4.78, 5) is 22.8. The van der Waals surface area contributed by atoms with E-state index in [4.69, 9.17) is 16.7 Å². The summed E-state index contributed by atoms with van der Waals surface area (Å²) in [6.07, 6.45) is -0.112. The number of carboxylic acid groups (broad SMARTS) is 1. The normalized spacial score (nSPS) is 10.8. The molecular weight excluding hydrogens is 351 g/mol. The molecule has 2 aromatic carbocycles. The van der Waals surface area contributed by atoms with Crippen molar-refractivity contribution >= 4 is 23.3 Å². The number of rotatable bonds is 8. The number of carbonyl (C=O) groups is 1. The van der Waals surface area contributed by atoms with Crippen molar-refractivity contribution in [2.45, 2.75) is 19.5 Å². The molecule has 0 unspecified atom stereocenters. The van der Waals surface area contributed by atoms with Crippen molar-refractivity contribution in [3.63, 3.8) is 0 Å². The van der Waals surface area contributed by atoms with E-state index >= 15 is 0 Å². The maximum atomic E-state index is 14.0. The summed E-state index contributed by atoms with van der Waals surface area (Å²) in [5.74, 6) is -1.43. The Kier molecular flexibility index (Phi) is 6.44. The molecule has 0 aliphatic carbocycles. The van der Waals surface area contributed by atoms with E-state index in [-0.39, 0.29) is 35.8 Å². The first kappa shape index (κ1) is 18.8. The fourth-order valence-corrected chi connectivity index (χ4v) is 2.58. The largest absolute Gasteiger partial charge is 0.481 e. The van der Waals surface area contributed by atoms with Gasteiger partial charge in [-0.25, -0.2) is 4.39 Å². The molecule has 6 nitrogen and oxygen atoms in total. The van der Waals surface area contributed by atoms with Crippen LogP contribution in [-0.4, -0.2) is 27.4 Å². The lowest BCUT2D eigenvalue weighted by atomic mass is 10.1. The van der Waals surface area contributed by atoms with Crippen LogP contribution in [0.1, 0.15) is 17.5 Å². The summed E-state index contributed by atoms with van der Waals surface area (Å²) in [7, 11) is 0. The number of aliphatic carboxylic acids is 1. The first-order valence-electron chi connectivity index (χ1n) is 7.47. The molecule has 0 amide bonds. The molecule has 8 heteroatoms. The van der Waals surface area contributed by atoms with Gasteiger partial charge in [-0.2, -0.15) is 0 Å². The Morgan fingerprint density at radius 3 is 2.44 bits per heavy atom. The molecule has 0 bridgehead atoms. The monoisotopic (exact) mass is 366 g/mol. The van der Waals surface area contributed by atoms with Gasteiger partial charge in [-0.1, -0.05) is 29.8 Å². The molecule has 0 atom stereocenters. The highest BCUT2D eigenvalue weighted by atomic mass is 35.5. The second-order valence-electron chi connectivity index (χ2n) is 5.48. The Bertz CT molecular complexity index is 747. The van der Waals surface area contributed by atoms with E-state index in [2.05, 4.69) is 0 Å². The summed E-state index contributed by atoms with van der Waals surface area (Å²) in [6.45, 7) is 0.642. The number of hydrogen-bond donors (Lipinski definition) is 1. The van der Waals surface area contributed by atoms with E-state index in [9.17, 15) is 19.3 Å². The Morgan fingerprint density at radius 1 is 1.20 bits per heavy atom. The van der Waals surface area contributed by atoms with Gasteiger partial charge in [-0.05, 0) is 17.7 Å². The van der Waals surface area contributed by atoms with Crippen molar-refractivity contribution in [3.8, 4) is 0 Å². The smallest absolute Gasteiger partial charge is 0.304 e. The molecule has 0 aliphatic heterocycles. The fourth-order valence-electron chi connectivity index (χ4n) is 2.36. The lowest BCUT2D eigenvalue weighted by Crippen LogP contribution is -2.26. The van der Waals surface area contributed by atoms with Crippen LogP contribution in [0.3, 0.4) is 0 Å². The van der Waals surface area contributed by atoms with Crippen LogP contribution in [0.4, 0.5) is 10.1 Å². The van der Waals surface area contributed by atoms with Gasteiger partial charge < -0.3 is 5.11 Å². The highest BCUT2D eigenvalue weighted by Gasteiger charge is 2.15. The maximum absolute atomic E-state index is 14.0. The predicted octanol–water partition coefficient (Wildman–Crippen LogP) is 3.86. The molecule has 0 fully saturated rings. The summed E-state index contributed by atoms with van der Waals surface area (Å²) in [5, 5.41) is 19.9. The lowest BCUT2D eigenvalue weighted by molar-refractivity contribution is -0.384. The van der Waals surface area contributed by atoms with E-state index in [1.165, 1.54) is 24.3 Å². The van der Waals surface area contributed by atoms with E-state index in [0.29, 0.717) is 6.54 Å². The highest BCUT2D eigenvalue weighted by Crippen LogP contribution is 2.22. The van der Waals surface area contributed by atoms with Gasteiger partial charge in [-0.15, -0.1) is 0 Å². The van der Waals surface area contributed by atoms with Gasteiger partial charge >= 0.3 is 5.97 Å². The molecule has 2 aromatic rings. The third-order valence-corrected chi connectivity index (χ3v) is 3.99. The second kappa shape index (κ2) is 8.55. The zero-order valence-electron chi connectivity index (χ0n) is 13.2. The third-order valence-electron chi connectivity index (χ3n) is 3.64. The topological polar surface area (TPSA) is 83.7 Å². The molecule has 25 heavy (non-hydrogen) atoms. The van der Waals surface area contributed by atoms with Crippen molar-refractivity contribution < 1.29 is 19.2 Å². The summed E-state index contributed by atoms with van der Waals surface area (Å²) in [5.41, 5.74) is 1.01. The number of nitro benzene ring substituents is 1. The van der Waals surface area contributed by atoms with Gasteiger partial charge in [0, 0.05) is 42.4 Å². The molecule has 2 rings (SSSR count). The molecule has 0 saturated heterocycles. The SMILES string of the molecule is O=C(O)CCN(Cc1ccc([N+](=O)[O-])cc1)Cc1c(F)cccc1Cl. The average molecular weight is 367 g/mol. The minimum atomic E-state index is -0.965. The Balaban J connectivity index is 2.17. The number of hydrogen-bond acceptors (Lipinski definition) is 4. The first-order chi connectivity index (χ1) is 11.9. The van der Waals surface area contributed by atoms with Gasteiger partial charge in [0.1, 0.15) is 5.82 Å². The van der Waals surface area contributed by atoms with E-state index < -0.39 is 16.7 Å². The molecule has 0 radical (unpaired) electrons. The van der Waals surface area contributed by atoms with Crippen molar-refractivity contribution in [3.05, 3.63) is 74.5 Å². The summed E-state index contributed by atoms with van der Waals surface area (Å²) < 4.78 is 14.0.